The summed E-state index contributed by atoms with van der Waals surface area (Å²) in [6, 6.07) is 0.0601. The Morgan fingerprint density at radius 2 is 2.31 bits per heavy atom. The fourth-order valence-corrected chi connectivity index (χ4v) is 2.67. The predicted molar refractivity (Wildman–Crippen MR) is 53.0 cm³/mol. The number of hydrogen-bond donors (Lipinski definition) is 2. The average Bonchev–Trinajstić information content (AvgIpc) is 2.58. The summed E-state index contributed by atoms with van der Waals surface area (Å²) in [4.78, 5) is 5.66. The summed E-state index contributed by atoms with van der Waals surface area (Å²) in [5.74, 6) is 0. The van der Waals surface area contributed by atoms with Crippen molar-refractivity contribution in [3.8, 4) is 0 Å². The van der Waals surface area contributed by atoms with Crippen molar-refractivity contribution >= 4 is 11.3 Å². The van der Waals surface area contributed by atoms with E-state index in [-0.39, 0.29) is 12.1 Å². The van der Waals surface area contributed by atoms with Gasteiger partial charge in [0.25, 0.3) is 0 Å². The summed E-state index contributed by atoms with van der Waals surface area (Å²) in [6.07, 6.45) is 0.570. The molecule has 2 heterocycles. The van der Waals surface area contributed by atoms with Crippen molar-refractivity contribution in [2.24, 2.45) is 0 Å². The molecule has 2 unspecified atom stereocenters. The number of hydrogen-bond acceptors (Lipinski definition) is 4. The lowest BCUT2D eigenvalue weighted by atomic mass is 10.1. The maximum absolute atomic E-state index is 9.68. The number of aliphatic hydroxyl groups is 1. The SMILES string of the molecule is Cc1nc(C2NCCC2O)c(C)s1. The van der Waals surface area contributed by atoms with Crippen LogP contribution in [0.1, 0.15) is 28.0 Å². The highest BCUT2D eigenvalue weighted by Crippen LogP contribution is 2.28. The van der Waals surface area contributed by atoms with E-state index >= 15 is 0 Å². The van der Waals surface area contributed by atoms with E-state index < -0.39 is 0 Å². The highest BCUT2D eigenvalue weighted by molar-refractivity contribution is 7.11. The van der Waals surface area contributed by atoms with Crippen LogP contribution in [-0.2, 0) is 0 Å². The normalized spacial score (nSPS) is 28.2. The molecule has 1 aliphatic heterocycles. The molecule has 2 atom stereocenters. The molecule has 2 rings (SSSR count). The third kappa shape index (κ3) is 1.61. The van der Waals surface area contributed by atoms with Gasteiger partial charge >= 0.3 is 0 Å². The minimum absolute atomic E-state index is 0.0601. The molecule has 0 aromatic carbocycles. The Kier molecular flexibility index (Phi) is 2.36. The van der Waals surface area contributed by atoms with E-state index in [1.165, 1.54) is 4.88 Å². The van der Waals surface area contributed by atoms with Crippen LogP contribution in [0.5, 0.6) is 0 Å². The number of nitrogens with one attached hydrogen (secondary N) is 1. The van der Waals surface area contributed by atoms with Gasteiger partial charge in [0, 0.05) is 4.88 Å². The van der Waals surface area contributed by atoms with Gasteiger partial charge in [0.1, 0.15) is 0 Å². The maximum Gasteiger partial charge on any atom is 0.0900 e. The molecule has 1 aromatic heterocycles. The minimum atomic E-state index is -0.264. The van der Waals surface area contributed by atoms with E-state index in [1.807, 2.05) is 6.92 Å². The standard InChI is InChI=1S/C9H14N2OS/c1-5-8(11-6(2)13-5)9-7(12)3-4-10-9/h7,9-10,12H,3-4H2,1-2H3. The van der Waals surface area contributed by atoms with Gasteiger partial charge in [0.15, 0.2) is 0 Å². The molecule has 1 saturated heterocycles. The van der Waals surface area contributed by atoms with E-state index in [0.717, 1.165) is 23.7 Å². The zero-order valence-electron chi connectivity index (χ0n) is 7.87. The number of rotatable bonds is 1. The Labute approximate surface area is 81.8 Å². The minimum Gasteiger partial charge on any atom is -0.391 e. The molecule has 4 heteroatoms. The van der Waals surface area contributed by atoms with E-state index in [0.29, 0.717) is 0 Å². The monoisotopic (exact) mass is 198 g/mol. The fraction of sp³-hybridized carbons (Fsp3) is 0.667. The van der Waals surface area contributed by atoms with Crippen molar-refractivity contribution < 1.29 is 5.11 Å². The van der Waals surface area contributed by atoms with E-state index in [2.05, 4.69) is 17.2 Å². The first-order chi connectivity index (χ1) is 6.18. The van der Waals surface area contributed by atoms with Crippen molar-refractivity contribution in [1.29, 1.82) is 0 Å². The molecule has 0 amide bonds. The molecule has 1 fully saturated rings. The zero-order chi connectivity index (χ0) is 9.42. The quantitative estimate of drug-likeness (QED) is 0.711. The topological polar surface area (TPSA) is 45.2 Å². The van der Waals surface area contributed by atoms with Gasteiger partial charge in [-0.25, -0.2) is 4.98 Å². The second-order valence-corrected chi connectivity index (χ2v) is 4.87. The van der Waals surface area contributed by atoms with Crippen molar-refractivity contribution in [3.63, 3.8) is 0 Å². The lowest BCUT2D eigenvalue weighted by Gasteiger charge is -2.12. The number of aromatic nitrogens is 1. The molecule has 0 aliphatic carbocycles. The molecule has 3 nitrogen and oxygen atoms in total. The molecule has 13 heavy (non-hydrogen) atoms. The molecule has 0 spiro atoms. The van der Waals surface area contributed by atoms with Crippen molar-refractivity contribution in [2.45, 2.75) is 32.4 Å². The molecule has 1 aliphatic rings. The molecule has 0 saturated carbocycles. The Balaban J connectivity index is 2.28. The Hall–Kier alpha value is -0.450. The van der Waals surface area contributed by atoms with Gasteiger partial charge < -0.3 is 10.4 Å². The van der Waals surface area contributed by atoms with Gasteiger partial charge in [-0.05, 0) is 26.8 Å². The fourth-order valence-electron chi connectivity index (χ4n) is 1.80. The van der Waals surface area contributed by atoms with E-state index in [9.17, 15) is 5.11 Å². The third-order valence-electron chi connectivity index (χ3n) is 2.42. The summed E-state index contributed by atoms with van der Waals surface area (Å²) in [5, 5.41) is 14.0. The van der Waals surface area contributed by atoms with E-state index in [1.54, 1.807) is 11.3 Å². The van der Waals surface area contributed by atoms with Gasteiger partial charge in [0.2, 0.25) is 0 Å². The van der Waals surface area contributed by atoms with Crippen LogP contribution < -0.4 is 5.32 Å². The van der Waals surface area contributed by atoms with Gasteiger partial charge in [-0.1, -0.05) is 0 Å². The maximum atomic E-state index is 9.68. The lowest BCUT2D eigenvalue weighted by molar-refractivity contribution is 0.158. The number of aryl methyl sites for hydroxylation is 2. The molecule has 2 N–H and O–H groups in total. The Morgan fingerprint density at radius 3 is 2.77 bits per heavy atom. The van der Waals surface area contributed by atoms with Crippen molar-refractivity contribution in [3.05, 3.63) is 15.6 Å². The largest absolute Gasteiger partial charge is 0.391 e. The number of aliphatic hydroxyl groups excluding tert-OH is 1. The van der Waals surface area contributed by atoms with Crippen LogP contribution in [-0.4, -0.2) is 22.7 Å². The summed E-state index contributed by atoms with van der Waals surface area (Å²) in [5.41, 5.74) is 1.03. The molecule has 1 aromatic rings. The van der Waals surface area contributed by atoms with Crippen LogP contribution in [0.4, 0.5) is 0 Å². The first-order valence-electron chi connectivity index (χ1n) is 4.54. The molecule has 0 bridgehead atoms. The Morgan fingerprint density at radius 1 is 1.54 bits per heavy atom. The second-order valence-electron chi connectivity index (χ2n) is 3.46. The predicted octanol–water partition coefficient (Wildman–Crippen LogP) is 1.16. The van der Waals surface area contributed by atoms with Gasteiger partial charge in [-0.2, -0.15) is 0 Å². The van der Waals surface area contributed by atoms with Crippen molar-refractivity contribution in [1.82, 2.24) is 10.3 Å². The van der Waals surface area contributed by atoms with E-state index in [4.69, 9.17) is 0 Å². The summed E-state index contributed by atoms with van der Waals surface area (Å²) in [6.45, 7) is 4.96. The molecule has 72 valence electrons. The number of nitrogens with zero attached hydrogens (tertiary/aromatic N) is 1. The van der Waals surface area contributed by atoms with Crippen LogP contribution in [0.3, 0.4) is 0 Å². The molecular formula is C9H14N2OS. The molecule has 0 radical (unpaired) electrons. The van der Waals surface area contributed by atoms with Crippen LogP contribution in [0.2, 0.25) is 0 Å². The van der Waals surface area contributed by atoms with Gasteiger partial charge in [0.05, 0.1) is 22.8 Å². The van der Waals surface area contributed by atoms with Crippen LogP contribution >= 0.6 is 11.3 Å². The first kappa shape index (κ1) is 9.12. The summed E-state index contributed by atoms with van der Waals surface area (Å²) < 4.78 is 0. The smallest absolute Gasteiger partial charge is 0.0900 e. The third-order valence-corrected chi connectivity index (χ3v) is 3.33. The van der Waals surface area contributed by atoms with Gasteiger partial charge in [-0.3, -0.25) is 0 Å². The average molecular weight is 198 g/mol. The lowest BCUT2D eigenvalue weighted by Crippen LogP contribution is -2.21. The first-order valence-corrected chi connectivity index (χ1v) is 5.35. The Bertz CT molecular complexity index is 311. The second kappa shape index (κ2) is 3.36. The highest BCUT2D eigenvalue weighted by Gasteiger charge is 2.29. The van der Waals surface area contributed by atoms with Crippen molar-refractivity contribution in [2.75, 3.05) is 6.54 Å². The summed E-state index contributed by atoms with van der Waals surface area (Å²) in [7, 11) is 0. The highest BCUT2D eigenvalue weighted by atomic mass is 32.1. The summed E-state index contributed by atoms with van der Waals surface area (Å²) >= 11 is 1.70. The van der Waals surface area contributed by atoms with Crippen LogP contribution in [0, 0.1) is 13.8 Å². The van der Waals surface area contributed by atoms with Gasteiger partial charge in [-0.15, -0.1) is 11.3 Å². The molecular weight excluding hydrogens is 184 g/mol. The number of thiazole rings is 1. The zero-order valence-corrected chi connectivity index (χ0v) is 8.69. The van der Waals surface area contributed by atoms with Crippen LogP contribution in [0.15, 0.2) is 0 Å². The van der Waals surface area contributed by atoms with Crippen LogP contribution in [0.25, 0.3) is 0 Å².